The minimum atomic E-state index is 0.142. The van der Waals surface area contributed by atoms with Crippen LogP contribution in [0.5, 0.6) is 0 Å². The Bertz CT molecular complexity index is 613. The molecule has 1 aromatic heterocycles. The molecule has 1 heterocycles. The first-order valence-electron chi connectivity index (χ1n) is 5.82. The molecule has 3 rings (SSSR count). The van der Waals surface area contributed by atoms with Crippen LogP contribution in [0.3, 0.4) is 0 Å². The molecule has 0 spiro atoms. The van der Waals surface area contributed by atoms with Crippen LogP contribution in [0, 0.1) is 0 Å². The average Bonchev–Trinajstić information content (AvgIpc) is 2.94. The fourth-order valence-electron chi connectivity index (χ4n) is 1.80. The summed E-state index contributed by atoms with van der Waals surface area (Å²) in [6, 6.07) is 23.5. The third kappa shape index (κ3) is 2.50. The topological polar surface area (TPSA) is 0 Å². The van der Waals surface area contributed by atoms with E-state index in [2.05, 4.69) is 77.5 Å². The van der Waals surface area contributed by atoms with E-state index in [0.717, 1.165) is 0 Å². The molecule has 0 atom stereocenters. The second-order valence-electron chi connectivity index (χ2n) is 3.89. The third-order valence-corrected chi connectivity index (χ3v) is 5.61. The zero-order valence-corrected chi connectivity index (χ0v) is 11.5. The molecule has 18 heavy (non-hydrogen) atoms. The molecule has 88 valence electrons. The zero-order chi connectivity index (χ0) is 12.2. The van der Waals surface area contributed by atoms with Gasteiger partial charge in [-0.25, -0.2) is 0 Å². The van der Waals surface area contributed by atoms with Crippen LogP contribution in [0.2, 0.25) is 0 Å². The predicted molar refractivity (Wildman–Crippen MR) is 80.8 cm³/mol. The minimum Gasteiger partial charge on any atom is -0.0844 e. The number of benzene rings is 2. The van der Waals surface area contributed by atoms with E-state index in [-0.39, 0.29) is 10.5 Å². The van der Waals surface area contributed by atoms with Gasteiger partial charge in [-0.3, -0.25) is 0 Å². The first-order valence-corrected chi connectivity index (χ1v) is 7.99. The van der Waals surface area contributed by atoms with Crippen LogP contribution >= 0.6 is 22.2 Å². The summed E-state index contributed by atoms with van der Waals surface area (Å²) in [6.45, 7) is 0. The van der Waals surface area contributed by atoms with Gasteiger partial charge in [0.05, 0.1) is 4.90 Å². The monoisotopic (exact) mass is 269 g/mol. The highest BCUT2D eigenvalue weighted by atomic mass is 32.2. The van der Waals surface area contributed by atoms with Gasteiger partial charge in [-0.15, -0.1) is 0 Å². The van der Waals surface area contributed by atoms with Gasteiger partial charge in [-0.05, 0) is 36.4 Å². The fourth-order valence-corrected chi connectivity index (χ4v) is 4.51. The Labute approximate surface area is 114 Å². The van der Waals surface area contributed by atoms with E-state index in [1.54, 1.807) is 0 Å². The number of hydrogen-bond donors (Lipinski definition) is 0. The molecule has 0 fully saturated rings. The lowest BCUT2D eigenvalue weighted by molar-refractivity contribution is 1.43. The molecular formula is C16H13S2+. The van der Waals surface area contributed by atoms with Gasteiger partial charge < -0.3 is 0 Å². The number of rotatable bonds is 3. The maximum absolute atomic E-state index is 2.27. The van der Waals surface area contributed by atoms with Gasteiger partial charge in [-0.2, -0.15) is 0 Å². The first kappa shape index (κ1) is 11.6. The Balaban J connectivity index is 1.98. The maximum Gasteiger partial charge on any atom is 0.192 e. The quantitative estimate of drug-likeness (QED) is 0.560. The van der Waals surface area contributed by atoms with Crippen molar-refractivity contribution >= 4 is 22.2 Å². The second-order valence-corrected chi connectivity index (χ2v) is 6.73. The predicted octanol–water partition coefficient (Wildman–Crippen LogP) is 5.58. The van der Waals surface area contributed by atoms with Crippen LogP contribution in [-0.2, 0) is 0 Å². The Hall–Kier alpha value is -1.51. The van der Waals surface area contributed by atoms with Crippen molar-refractivity contribution in [2.45, 2.75) is 9.79 Å². The van der Waals surface area contributed by atoms with Gasteiger partial charge in [0.25, 0.3) is 0 Å². The van der Waals surface area contributed by atoms with E-state index >= 15 is 0 Å². The summed E-state index contributed by atoms with van der Waals surface area (Å²) in [5.41, 5.74) is 0. The van der Waals surface area contributed by atoms with Gasteiger partial charge in [0.2, 0.25) is 0 Å². The van der Waals surface area contributed by atoms with Crippen LogP contribution < -0.4 is 0 Å². The molecule has 0 amide bonds. The molecule has 0 nitrogen and oxygen atoms in total. The molecule has 0 bridgehead atoms. The molecule has 2 heteroatoms. The lowest BCUT2D eigenvalue weighted by atomic mass is 10.4. The maximum atomic E-state index is 2.27. The zero-order valence-electron chi connectivity index (χ0n) is 9.82. The van der Waals surface area contributed by atoms with Crippen LogP contribution in [0.4, 0.5) is 0 Å². The van der Waals surface area contributed by atoms with Crippen LogP contribution in [0.1, 0.15) is 0 Å². The highest BCUT2D eigenvalue weighted by Crippen LogP contribution is 2.40. The summed E-state index contributed by atoms with van der Waals surface area (Å²) < 4.78 is 0. The van der Waals surface area contributed by atoms with Crippen molar-refractivity contribution in [1.29, 1.82) is 0 Å². The molecule has 0 aliphatic heterocycles. The highest BCUT2D eigenvalue weighted by Gasteiger charge is 2.13. The van der Waals surface area contributed by atoms with Crippen molar-refractivity contribution in [2.75, 3.05) is 0 Å². The molecule has 0 N–H and O–H groups in total. The summed E-state index contributed by atoms with van der Waals surface area (Å²) in [6.07, 6.45) is 0. The molecule has 0 saturated heterocycles. The Kier molecular flexibility index (Phi) is 3.49. The van der Waals surface area contributed by atoms with Crippen LogP contribution in [0.15, 0.2) is 87.3 Å². The molecule has 0 aliphatic rings. The van der Waals surface area contributed by atoms with E-state index in [0.29, 0.717) is 0 Å². The van der Waals surface area contributed by atoms with Crippen LogP contribution in [-0.4, -0.2) is 0 Å². The Morgan fingerprint density at radius 1 is 0.667 bits per heavy atom. The summed E-state index contributed by atoms with van der Waals surface area (Å²) in [7, 11) is 0.142. The van der Waals surface area contributed by atoms with Gasteiger partial charge in [0, 0.05) is 15.4 Å². The van der Waals surface area contributed by atoms with Gasteiger partial charge in [0.15, 0.2) is 4.90 Å². The summed E-state index contributed by atoms with van der Waals surface area (Å²) in [4.78, 5) is 4.06. The van der Waals surface area contributed by atoms with Gasteiger partial charge in [0.1, 0.15) is 10.8 Å². The van der Waals surface area contributed by atoms with Crippen LogP contribution in [0.25, 0.3) is 4.90 Å². The number of thiophene rings is 1. The minimum absolute atomic E-state index is 0.142. The van der Waals surface area contributed by atoms with Crippen molar-refractivity contribution in [3.05, 3.63) is 77.5 Å². The SMILES string of the molecule is c1ccc(Sc2ccccc2-[s+]2cccc2)cc1. The van der Waals surface area contributed by atoms with Crippen molar-refractivity contribution < 1.29 is 0 Å². The van der Waals surface area contributed by atoms with E-state index in [1.807, 2.05) is 11.8 Å². The number of hydrogen-bond acceptors (Lipinski definition) is 1. The van der Waals surface area contributed by atoms with Gasteiger partial charge in [-0.1, -0.05) is 42.1 Å². The molecule has 3 aromatic rings. The highest BCUT2D eigenvalue weighted by molar-refractivity contribution is 7.99. The largest absolute Gasteiger partial charge is 0.192 e. The fraction of sp³-hybridized carbons (Fsp3) is 0. The first-order chi connectivity index (χ1) is 8.93. The molecule has 0 saturated carbocycles. The lowest BCUT2D eigenvalue weighted by Crippen LogP contribution is -1.76. The van der Waals surface area contributed by atoms with E-state index < -0.39 is 0 Å². The van der Waals surface area contributed by atoms with Gasteiger partial charge >= 0.3 is 0 Å². The van der Waals surface area contributed by atoms with E-state index in [9.17, 15) is 0 Å². The van der Waals surface area contributed by atoms with Crippen molar-refractivity contribution in [1.82, 2.24) is 0 Å². The van der Waals surface area contributed by atoms with E-state index in [1.165, 1.54) is 14.7 Å². The smallest absolute Gasteiger partial charge is 0.0844 e. The second kappa shape index (κ2) is 5.42. The van der Waals surface area contributed by atoms with Crippen molar-refractivity contribution in [3.63, 3.8) is 0 Å². The Morgan fingerprint density at radius 2 is 1.33 bits per heavy atom. The van der Waals surface area contributed by atoms with Crippen molar-refractivity contribution in [3.8, 4) is 4.90 Å². The molecule has 0 radical (unpaired) electrons. The Morgan fingerprint density at radius 3 is 2.11 bits per heavy atom. The van der Waals surface area contributed by atoms with E-state index in [4.69, 9.17) is 0 Å². The standard InChI is InChI=1S/C16H13S2/c1-2-8-14(9-3-1)17-15-10-4-5-11-16(15)18-12-6-7-13-18/h1-13H/q+1. The summed E-state index contributed by atoms with van der Waals surface area (Å²) in [5.74, 6) is 0. The van der Waals surface area contributed by atoms with Crippen molar-refractivity contribution in [2.24, 2.45) is 0 Å². The summed E-state index contributed by atoms with van der Waals surface area (Å²) in [5, 5.41) is 4.54. The average molecular weight is 269 g/mol. The molecule has 2 aromatic carbocycles. The normalized spacial score (nSPS) is 10.4. The third-order valence-electron chi connectivity index (χ3n) is 2.64. The lowest BCUT2D eigenvalue weighted by Gasteiger charge is -2.02. The molecule has 0 unspecified atom stereocenters. The molecular weight excluding hydrogens is 256 g/mol. The molecule has 0 aliphatic carbocycles. The summed E-state index contributed by atoms with van der Waals surface area (Å²) >= 11 is 1.84.